The molecule has 1 saturated heterocycles. The van der Waals surface area contributed by atoms with Crippen LogP contribution in [-0.2, 0) is 4.74 Å². The van der Waals surface area contributed by atoms with Crippen LogP contribution in [0.4, 0.5) is 13.2 Å². The highest BCUT2D eigenvalue weighted by atomic mass is 28.3. The zero-order chi connectivity index (χ0) is 9.90. The average Bonchev–Trinajstić information content (AvgIpc) is 2.03. The van der Waals surface area contributed by atoms with E-state index in [0.717, 1.165) is 19.3 Å². The van der Waals surface area contributed by atoms with Crippen molar-refractivity contribution in [1.29, 1.82) is 0 Å². The van der Waals surface area contributed by atoms with Crippen LogP contribution in [0.2, 0.25) is 12.6 Å². The maximum absolute atomic E-state index is 12.0. The molecule has 0 saturated carbocycles. The van der Waals surface area contributed by atoms with E-state index in [1.165, 1.54) is 0 Å². The van der Waals surface area contributed by atoms with Crippen LogP contribution in [0, 0.1) is 0 Å². The lowest BCUT2D eigenvalue weighted by molar-refractivity contribution is -0.111. The Morgan fingerprint density at radius 1 is 1.38 bits per heavy atom. The third-order valence-corrected chi connectivity index (χ3v) is 5.31. The number of hydrogen-bond acceptors (Lipinski definition) is 1. The standard InChI is InChI=1S/C8H15F3OSi/c1-13(6-8(9,10)11)7-4-2-3-5-12-7/h7,13H,2-6H2,1H3. The molecule has 0 radical (unpaired) electrons. The molecule has 1 nitrogen and oxygen atoms in total. The molecule has 0 aromatic carbocycles. The second kappa shape index (κ2) is 4.46. The lowest BCUT2D eigenvalue weighted by Gasteiger charge is -2.27. The molecule has 1 fully saturated rings. The first-order valence-corrected chi connectivity index (χ1v) is 7.31. The lowest BCUT2D eigenvalue weighted by Crippen LogP contribution is -2.36. The van der Waals surface area contributed by atoms with Crippen molar-refractivity contribution in [3.8, 4) is 0 Å². The van der Waals surface area contributed by atoms with Gasteiger partial charge in [0.25, 0.3) is 0 Å². The smallest absolute Gasteiger partial charge is 0.382 e. The van der Waals surface area contributed by atoms with E-state index >= 15 is 0 Å². The number of alkyl halides is 3. The Balaban J connectivity index is 2.33. The molecule has 0 aliphatic carbocycles. The molecular weight excluding hydrogens is 197 g/mol. The number of rotatable bonds is 2. The van der Waals surface area contributed by atoms with E-state index in [4.69, 9.17) is 4.74 Å². The zero-order valence-electron chi connectivity index (χ0n) is 7.73. The van der Waals surface area contributed by atoms with Crippen LogP contribution < -0.4 is 0 Å². The van der Waals surface area contributed by atoms with E-state index < -0.39 is 21.0 Å². The van der Waals surface area contributed by atoms with Gasteiger partial charge in [0.1, 0.15) is 0 Å². The van der Waals surface area contributed by atoms with Crippen LogP contribution >= 0.6 is 0 Å². The monoisotopic (exact) mass is 212 g/mol. The first-order valence-electron chi connectivity index (χ1n) is 4.67. The molecule has 0 bridgehead atoms. The normalized spacial score (nSPS) is 27.2. The predicted octanol–water partition coefficient (Wildman–Crippen LogP) is 2.51. The van der Waals surface area contributed by atoms with Crippen molar-refractivity contribution in [2.45, 2.75) is 43.8 Å². The SMILES string of the molecule is C[SiH](CC(F)(F)F)C1CCCCO1. The Morgan fingerprint density at radius 3 is 2.54 bits per heavy atom. The third-order valence-electron chi connectivity index (χ3n) is 2.40. The van der Waals surface area contributed by atoms with Crippen molar-refractivity contribution in [3.05, 3.63) is 0 Å². The summed E-state index contributed by atoms with van der Waals surface area (Å²) in [5, 5.41) is 0. The van der Waals surface area contributed by atoms with Gasteiger partial charge in [-0.3, -0.25) is 0 Å². The third kappa shape index (κ3) is 4.13. The van der Waals surface area contributed by atoms with E-state index in [-0.39, 0.29) is 5.73 Å². The van der Waals surface area contributed by atoms with Crippen LogP contribution in [0.3, 0.4) is 0 Å². The predicted molar refractivity (Wildman–Crippen MR) is 47.5 cm³/mol. The maximum atomic E-state index is 12.0. The van der Waals surface area contributed by atoms with Crippen molar-refractivity contribution in [1.82, 2.24) is 0 Å². The molecule has 1 heterocycles. The molecule has 13 heavy (non-hydrogen) atoms. The van der Waals surface area contributed by atoms with E-state index in [9.17, 15) is 13.2 Å². The van der Waals surface area contributed by atoms with Crippen LogP contribution in [0.25, 0.3) is 0 Å². The Hall–Kier alpha value is -0.0331. The first kappa shape index (κ1) is 11.0. The molecule has 0 N–H and O–H groups in total. The highest BCUT2D eigenvalue weighted by Gasteiger charge is 2.34. The van der Waals surface area contributed by atoms with Crippen molar-refractivity contribution in [2.75, 3.05) is 6.61 Å². The second-order valence-electron chi connectivity index (χ2n) is 3.70. The number of hydrogen-bond donors (Lipinski definition) is 0. The topological polar surface area (TPSA) is 9.23 Å². The summed E-state index contributed by atoms with van der Waals surface area (Å²) in [5.41, 5.74) is -0.0459. The zero-order valence-corrected chi connectivity index (χ0v) is 8.89. The highest BCUT2D eigenvalue weighted by molar-refractivity contribution is 6.59. The van der Waals surface area contributed by atoms with E-state index in [0.29, 0.717) is 6.61 Å². The number of halogens is 3. The van der Waals surface area contributed by atoms with E-state index in [1.807, 2.05) is 0 Å². The van der Waals surface area contributed by atoms with Gasteiger partial charge in [0.05, 0.1) is 8.80 Å². The van der Waals surface area contributed by atoms with Crippen molar-refractivity contribution in [2.24, 2.45) is 0 Å². The molecule has 1 aliphatic rings. The van der Waals surface area contributed by atoms with Gasteiger partial charge in [0.15, 0.2) is 0 Å². The van der Waals surface area contributed by atoms with Gasteiger partial charge in [-0.1, -0.05) is 6.55 Å². The van der Waals surface area contributed by atoms with Crippen molar-refractivity contribution < 1.29 is 17.9 Å². The first-order chi connectivity index (χ1) is 5.99. The molecule has 0 aromatic rings. The van der Waals surface area contributed by atoms with Gasteiger partial charge in [-0.25, -0.2) is 0 Å². The Labute approximate surface area is 77.9 Å². The fourth-order valence-corrected chi connectivity index (χ4v) is 3.97. The largest absolute Gasteiger partial charge is 0.386 e. The summed E-state index contributed by atoms with van der Waals surface area (Å²) in [7, 11) is -1.76. The summed E-state index contributed by atoms with van der Waals surface area (Å²) < 4.78 is 41.5. The number of ether oxygens (including phenoxy) is 1. The Morgan fingerprint density at radius 2 is 2.08 bits per heavy atom. The molecule has 2 atom stereocenters. The second-order valence-corrected chi connectivity index (χ2v) is 6.81. The van der Waals surface area contributed by atoms with Crippen molar-refractivity contribution in [3.63, 3.8) is 0 Å². The van der Waals surface area contributed by atoms with E-state index in [1.54, 1.807) is 6.55 Å². The molecule has 1 rings (SSSR count). The van der Waals surface area contributed by atoms with Gasteiger partial charge in [-0.15, -0.1) is 0 Å². The van der Waals surface area contributed by atoms with Crippen LogP contribution in [0.1, 0.15) is 19.3 Å². The fraction of sp³-hybridized carbons (Fsp3) is 1.00. The minimum Gasteiger partial charge on any atom is -0.382 e. The molecule has 0 aromatic heterocycles. The lowest BCUT2D eigenvalue weighted by atomic mass is 10.2. The summed E-state index contributed by atoms with van der Waals surface area (Å²) in [4.78, 5) is 0. The Kier molecular flexibility index (Phi) is 3.79. The molecule has 0 spiro atoms. The highest BCUT2D eigenvalue weighted by Crippen LogP contribution is 2.26. The molecule has 78 valence electrons. The molecular formula is C8H15F3OSi. The van der Waals surface area contributed by atoms with Gasteiger partial charge in [-0.2, -0.15) is 13.2 Å². The molecule has 0 amide bonds. The minimum atomic E-state index is -3.99. The maximum Gasteiger partial charge on any atom is 0.386 e. The minimum absolute atomic E-state index is 0.0459. The van der Waals surface area contributed by atoms with Gasteiger partial charge in [0.2, 0.25) is 0 Å². The summed E-state index contributed by atoms with van der Waals surface area (Å²) in [6.07, 6.45) is -1.13. The molecule has 1 aliphatic heterocycles. The Bertz CT molecular complexity index is 154. The summed E-state index contributed by atoms with van der Waals surface area (Å²) in [6.45, 7) is 2.41. The van der Waals surface area contributed by atoms with Gasteiger partial charge in [-0.05, 0) is 19.3 Å². The van der Waals surface area contributed by atoms with Crippen LogP contribution in [0.15, 0.2) is 0 Å². The summed E-state index contributed by atoms with van der Waals surface area (Å²) >= 11 is 0. The summed E-state index contributed by atoms with van der Waals surface area (Å²) in [6, 6.07) is -0.586. The molecule has 2 unspecified atom stereocenters. The van der Waals surface area contributed by atoms with Crippen LogP contribution in [0.5, 0.6) is 0 Å². The van der Waals surface area contributed by atoms with Gasteiger partial charge < -0.3 is 4.74 Å². The van der Waals surface area contributed by atoms with E-state index in [2.05, 4.69) is 0 Å². The van der Waals surface area contributed by atoms with Gasteiger partial charge >= 0.3 is 6.18 Å². The fourth-order valence-electron chi connectivity index (χ4n) is 1.71. The average molecular weight is 212 g/mol. The quantitative estimate of drug-likeness (QED) is 0.639. The van der Waals surface area contributed by atoms with Crippen LogP contribution in [-0.4, -0.2) is 27.3 Å². The summed E-state index contributed by atoms with van der Waals surface area (Å²) in [5.74, 6) is 0. The molecule has 5 heteroatoms. The van der Waals surface area contributed by atoms with Gasteiger partial charge in [0, 0.05) is 18.4 Å². The van der Waals surface area contributed by atoms with Crippen molar-refractivity contribution >= 4 is 8.80 Å².